The fourth-order valence-corrected chi connectivity index (χ4v) is 3.64. The van der Waals surface area contributed by atoms with Crippen LogP contribution in [0, 0.1) is 10.1 Å². The Morgan fingerprint density at radius 2 is 2.10 bits per heavy atom. The molecule has 9 heteroatoms. The number of carboxylic acid groups (broad SMARTS) is 1. The van der Waals surface area contributed by atoms with Gasteiger partial charge in [0, 0.05) is 6.07 Å². The average molecular weight is 366 g/mol. The SMILES string of the molecule is CC(CC(=O)O)S(=O)(=O)Cc1cccc([N+](=O)[O-])c1Br. The molecule has 1 atom stereocenters. The van der Waals surface area contributed by atoms with Crippen molar-refractivity contribution in [3.05, 3.63) is 38.3 Å². The van der Waals surface area contributed by atoms with E-state index in [2.05, 4.69) is 15.9 Å². The lowest BCUT2D eigenvalue weighted by molar-refractivity contribution is -0.385. The summed E-state index contributed by atoms with van der Waals surface area (Å²) in [6.45, 7) is 1.30. The van der Waals surface area contributed by atoms with Crippen LogP contribution in [0.1, 0.15) is 18.9 Å². The van der Waals surface area contributed by atoms with Crippen molar-refractivity contribution in [3.8, 4) is 0 Å². The van der Waals surface area contributed by atoms with Crippen LogP contribution in [0.3, 0.4) is 0 Å². The summed E-state index contributed by atoms with van der Waals surface area (Å²) in [5.74, 6) is -1.66. The number of hydrogen-bond donors (Lipinski definition) is 1. The highest BCUT2D eigenvalue weighted by Gasteiger charge is 2.26. The predicted molar refractivity (Wildman–Crippen MR) is 75.1 cm³/mol. The highest BCUT2D eigenvalue weighted by Crippen LogP contribution is 2.30. The molecule has 0 aliphatic heterocycles. The first-order chi connectivity index (χ1) is 9.15. The molecule has 0 spiro atoms. The van der Waals surface area contributed by atoms with E-state index in [1.165, 1.54) is 25.1 Å². The Morgan fingerprint density at radius 1 is 1.50 bits per heavy atom. The van der Waals surface area contributed by atoms with E-state index in [0.29, 0.717) is 0 Å². The van der Waals surface area contributed by atoms with Crippen molar-refractivity contribution in [2.24, 2.45) is 0 Å². The lowest BCUT2D eigenvalue weighted by atomic mass is 10.2. The lowest BCUT2D eigenvalue weighted by Crippen LogP contribution is -2.23. The van der Waals surface area contributed by atoms with Gasteiger partial charge in [-0.1, -0.05) is 12.1 Å². The third-order valence-corrected chi connectivity index (χ3v) is 5.71. The van der Waals surface area contributed by atoms with Crippen LogP contribution in [-0.2, 0) is 20.4 Å². The van der Waals surface area contributed by atoms with Gasteiger partial charge >= 0.3 is 5.97 Å². The normalized spacial score (nSPS) is 12.9. The van der Waals surface area contributed by atoms with Gasteiger partial charge in [-0.2, -0.15) is 0 Å². The van der Waals surface area contributed by atoms with Crippen molar-refractivity contribution >= 4 is 37.4 Å². The molecule has 0 aliphatic carbocycles. The highest BCUT2D eigenvalue weighted by atomic mass is 79.9. The molecular weight excluding hydrogens is 354 g/mol. The van der Waals surface area contributed by atoms with Crippen LogP contribution in [0.15, 0.2) is 22.7 Å². The summed E-state index contributed by atoms with van der Waals surface area (Å²) < 4.78 is 24.1. The zero-order valence-electron chi connectivity index (χ0n) is 10.4. The molecule has 1 rings (SSSR count). The van der Waals surface area contributed by atoms with E-state index in [-0.39, 0.29) is 15.7 Å². The quantitative estimate of drug-likeness (QED) is 0.609. The van der Waals surface area contributed by atoms with E-state index in [9.17, 15) is 23.3 Å². The van der Waals surface area contributed by atoms with E-state index in [4.69, 9.17) is 5.11 Å². The monoisotopic (exact) mass is 365 g/mol. The van der Waals surface area contributed by atoms with Crippen LogP contribution in [0.25, 0.3) is 0 Å². The van der Waals surface area contributed by atoms with Crippen LogP contribution in [0.4, 0.5) is 5.69 Å². The number of carboxylic acids is 1. The zero-order chi connectivity index (χ0) is 15.5. The number of halogens is 1. The smallest absolute Gasteiger partial charge is 0.304 e. The number of benzene rings is 1. The summed E-state index contributed by atoms with van der Waals surface area (Å²) in [6.07, 6.45) is -0.505. The number of aliphatic carboxylic acids is 1. The van der Waals surface area contributed by atoms with E-state index in [0.717, 1.165) is 0 Å². The largest absolute Gasteiger partial charge is 0.481 e. The number of sulfone groups is 1. The molecule has 0 fully saturated rings. The van der Waals surface area contributed by atoms with Gasteiger partial charge in [0.2, 0.25) is 0 Å². The molecule has 7 nitrogen and oxygen atoms in total. The number of nitrogens with zero attached hydrogens (tertiary/aromatic N) is 1. The van der Waals surface area contributed by atoms with E-state index in [1.807, 2.05) is 0 Å². The van der Waals surface area contributed by atoms with E-state index in [1.54, 1.807) is 0 Å². The Morgan fingerprint density at radius 3 is 2.60 bits per heavy atom. The molecule has 0 heterocycles. The first-order valence-electron chi connectivity index (χ1n) is 5.50. The predicted octanol–water partition coefficient (Wildman–Crippen LogP) is 2.14. The molecule has 0 radical (unpaired) electrons. The van der Waals surface area contributed by atoms with Gasteiger partial charge in [-0.25, -0.2) is 8.42 Å². The maximum atomic E-state index is 12.0. The summed E-state index contributed by atoms with van der Waals surface area (Å²) in [4.78, 5) is 20.7. The van der Waals surface area contributed by atoms with Crippen molar-refractivity contribution in [1.29, 1.82) is 0 Å². The standard InChI is InChI=1S/C11H12BrNO6S/c1-7(5-10(14)15)20(18,19)6-8-3-2-4-9(11(8)12)13(16)17/h2-4,7H,5-6H2,1H3,(H,14,15). The topological polar surface area (TPSA) is 115 Å². The van der Waals surface area contributed by atoms with Crippen molar-refractivity contribution in [1.82, 2.24) is 0 Å². The second-order valence-corrected chi connectivity index (χ2v) is 7.44. The Kier molecular flexibility index (Phi) is 5.23. The maximum Gasteiger partial charge on any atom is 0.304 e. The molecule has 0 saturated carbocycles. The molecule has 20 heavy (non-hydrogen) atoms. The molecular formula is C11H12BrNO6S. The Balaban J connectivity index is 3.07. The molecule has 1 aromatic carbocycles. The minimum atomic E-state index is -3.71. The second-order valence-electron chi connectivity index (χ2n) is 4.22. The number of nitro groups is 1. The Labute approximate surface area is 123 Å². The van der Waals surface area contributed by atoms with Crippen molar-refractivity contribution < 1.29 is 23.2 Å². The minimum Gasteiger partial charge on any atom is -0.481 e. The van der Waals surface area contributed by atoms with Gasteiger partial charge in [0.1, 0.15) is 0 Å². The molecule has 1 unspecified atom stereocenters. The van der Waals surface area contributed by atoms with Crippen LogP contribution >= 0.6 is 15.9 Å². The molecule has 0 amide bonds. The molecule has 110 valence electrons. The molecule has 1 aromatic rings. The summed E-state index contributed by atoms with van der Waals surface area (Å²) in [6, 6.07) is 4.08. The van der Waals surface area contributed by atoms with Gasteiger partial charge < -0.3 is 5.11 Å². The zero-order valence-corrected chi connectivity index (χ0v) is 12.8. The van der Waals surface area contributed by atoms with Crippen molar-refractivity contribution in [2.75, 3.05) is 0 Å². The third kappa shape index (κ3) is 4.01. The fourth-order valence-electron chi connectivity index (χ4n) is 1.55. The third-order valence-electron chi connectivity index (χ3n) is 2.69. The van der Waals surface area contributed by atoms with Crippen LogP contribution in [0.5, 0.6) is 0 Å². The molecule has 0 saturated heterocycles. The summed E-state index contributed by atoms with van der Waals surface area (Å²) in [5, 5.41) is 18.3. The average Bonchev–Trinajstić information content (AvgIpc) is 2.30. The van der Waals surface area contributed by atoms with Crippen LogP contribution < -0.4 is 0 Å². The van der Waals surface area contributed by atoms with Crippen LogP contribution in [0.2, 0.25) is 0 Å². The van der Waals surface area contributed by atoms with Gasteiger partial charge in [-0.05, 0) is 28.4 Å². The van der Waals surface area contributed by atoms with E-state index >= 15 is 0 Å². The number of rotatable bonds is 6. The summed E-state index contributed by atoms with van der Waals surface area (Å²) in [5.41, 5.74) is 0.0000245. The first-order valence-corrected chi connectivity index (χ1v) is 8.01. The molecule has 0 aliphatic rings. The number of carbonyl (C=O) groups is 1. The minimum absolute atomic E-state index is 0.0936. The van der Waals surface area contributed by atoms with Crippen LogP contribution in [-0.4, -0.2) is 29.7 Å². The van der Waals surface area contributed by atoms with Gasteiger partial charge in [0.25, 0.3) is 5.69 Å². The van der Waals surface area contributed by atoms with Crippen molar-refractivity contribution in [2.45, 2.75) is 24.3 Å². The molecule has 0 aromatic heterocycles. The van der Waals surface area contributed by atoms with Gasteiger partial charge in [-0.3, -0.25) is 14.9 Å². The second kappa shape index (κ2) is 6.31. The highest BCUT2D eigenvalue weighted by molar-refractivity contribution is 9.10. The van der Waals surface area contributed by atoms with E-state index < -0.39 is 38.2 Å². The van der Waals surface area contributed by atoms with Gasteiger partial charge in [0.15, 0.2) is 9.84 Å². The van der Waals surface area contributed by atoms with Gasteiger partial charge in [-0.15, -0.1) is 0 Å². The maximum absolute atomic E-state index is 12.0. The van der Waals surface area contributed by atoms with Gasteiger partial charge in [0.05, 0.1) is 26.8 Å². The summed E-state index contributed by atoms with van der Waals surface area (Å²) in [7, 11) is -3.71. The lowest BCUT2D eigenvalue weighted by Gasteiger charge is -2.11. The Bertz CT molecular complexity index is 642. The van der Waals surface area contributed by atoms with Crippen molar-refractivity contribution in [3.63, 3.8) is 0 Å². The molecule has 0 bridgehead atoms. The molecule has 1 N–H and O–H groups in total. The summed E-state index contributed by atoms with van der Waals surface area (Å²) >= 11 is 3.01. The fraction of sp³-hybridized carbons (Fsp3) is 0.364. The number of hydrogen-bond acceptors (Lipinski definition) is 5. The first kappa shape index (κ1) is 16.6. The Hall–Kier alpha value is -1.48. The number of nitro benzene ring substituents is 1.